The van der Waals surface area contributed by atoms with Crippen LogP contribution in [0, 0.1) is 0 Å². The van der Waals surface area contributed by atoms with E-state index in [1.54, 1.807) is 12.1 Å². The molecule has 0 aliphatic carbocycles. The smallest absolute Gasteiger partial charge is 0.366 e. The first-order valence-corrected chi connectivity index (χ1v) is 3.75. The first kappa shape index (κ1) is 9.45. The molecule has 0 bridgehead atoms. The van der Waals surface area contributed by atoms with E-state index in [1.165, 1.54) is 0 Å². The number of hydrogen-bond acceptors (Lipinski definition) is 2. The second-order valence-electron chi connectivity index (χ2n) is 2.47. The zero-order valence-electron chi connectivity index (χ0n) is 7.00. The zero-order valence-corrected chi connectivity index (χ0v) is 7.00. The molecule has 2 nitrogen and oxygen atoms in total. The molecule has 1 aromatic carbocycles. The van der Waals surface area contributed by atoms with Gasteiger partial charge in [0, 0.05) is 0 Å². The summed E-state index contributed by atoms with van der Waals surface area (Å²) < 4.78 is 16.7. The molecule has 1 aromatic rings. The highest BCUT2D eigenvalue weighted by atomic mass is 19.1. The number of carbonyl (C=O) groups excluding carboxylic acids is 1. The van der Waals surface area contributed by atoms with Crippen molar-refractivity contribution < 1.29 is 13.9 Å². The van der Waals surface area contributed by atoms with Crippen molar-refractivity contribution in [3.63, 3.8) is 0 Å². The van der Waals surface area contributed by atoms with Gasteiger partial charge in [0.25, 0.3) is 0 Å². The fraction of sp³-hybridized carbons (Fsp3) is 0.100. The Bertz CT molecular complexity index is 306. The number of esters is 1. The summed E-state index contributed by atoms with van der Waals surface area (Å²) in [4.78, 5) is 10.6. The maximum absolute atomic E-state index is 12.1. The Morgan fingerprint density at radius 2 is 2.00 bits per heavy atom. The lowest BCUT2D eigenvalue weighted by atomic mass is 10.2. The predicted molar refractivity (Wildman–Crippen MR) is 46.5 cm³/mol. The first-order valence-electron chi connectivity index (χ1n) is 3.75. The van der Waals surface area contributed by atoms with Crippen molar-refractivity contribution in [3.8, 4) is 0 Å². The third-order valence-corrected chi connectivity index (χ3v) is 1.43. The van der Waals surface area contributed by atoms with Gasteiger partial charge in [0.05, 0.1) is 0 Å². The second-order valence-corrected chi connectivity index (χ2v) is 2.47. The lowest BCUT2D eigenvalue weighted by Gasteiger charge is -2.01. The number of benzene rings is 1. The number of halogens is 1. The van der Waals surface area contributed by atoms with Crippen molar-refractivity contribution in [1.29, 1.82) is 0 Å². The summed E-state index contributed by atoms with van der Waals surface area (Å²) in [7, 11) is 0. The number of hydrogen-bond donors (Lipinski definition) is 0. The Balaban J connectivity index is 2.44. The molecule has 0 atom stereocenters. The van der Waals surface area contributed by atoms with Gasteiger partial charge in [-0.15, -0.1) is 0 Å². The Morgan fingerprint density at radius 3 is 2.54 bits per heavy atom. The monoisotopic (exact) mass is 180 g/mol. The number of carbonyl (C=O) groups is 1. The minimum atomic E-state index is -1.07. The third kappa shape index (κ3) is 3.07. The molecule has 0 amide bonds. The van der Waals surface area contributed by atoms with Crippen LogP contribution in [0.25, 0.3) is 0 Å². The fourth-order valence-electron chi connectivity index (χ4n) is 0.801. The van der Waals surface area contributed by atoms with Gasteiger partial charge < -0.3 is 4.74 Å². The van der Waals surface area contributed by atoms with E-state index in [0.29, 0.717) is 0 Å². The molecule has 0 spiro atoms. The fourth-order valence-corrected chi connectivity index (χ4v) is 0.801. The van der Waals surface area contributed by atoms with Crippen molar-refractivity contribution in [3.05, 3.63) is 48.3 Å². The van der Waals surface area contributed by atoms with Gasteiger partial charge >= 0.3 is 5.97 Å². The van der Waals surface area contributed by atoms with Gasteiger partial charge in [-0.2, -0.15) is 4.39 Å². The van der Waals surface area contributed by atoms with Crippen LogP contribution in [0.15, 0.2) is 42.7 Å². The SMILES string of the molecule is C=C(F)C(=O)OCc1ccccc1. The average Bonchev–Trinajstić information content (AvgIpc) is 2.15. The van der Waals surface area contributed by atoms with Crippen LogP contribution in [0.2, 0.25) is 0 Å². The quantitative estimate of drug-likeness (QED) is 0.526. The zero-order chi connectivity index (χ0) is 9.68. The van der Waals surface area contributed by atoms with Crippen LogP contribution in [0.3, 0.4) is 0 Å². The molecule has 0 aliphatic rings. The van der Waals surface area contributed by atoms with E-state index in [9.17, 15) is 9.18 Å². The minimum Gasteiger partial charge on any atom is -0.456 e. The van der Waals surface area contributed by atoms with Crippen LogP contribution in [0.1, 0.15) is 5.56 Å². The largest absolute Gasteiger partial charge is 0.456 e. The Kier molecular flexibility index (Phi) is 3.20. The van der Waals surface area contributed by atoms with Gasteiger partial charge in [0.15, 0.2) is 0 Å². The normalized spacial score (nSPS) is 9.31. The molecule has 0 saturated heterocycles. The van der Waals surface area contributed by atoms with E-state index in [1.807, 2.05) is 18.2 Å². The molecule has 0 unspecified atom stereocenters. The van der Waals surface area contributed by atoms with Crippen LogP contribution in [-0.2, 0) is 16.1 Å². The molecule has 0 radical (unpaired) electrons. The van der Waals surface area contributed by atoms with E-state index < -0.39 is 11.8 Å². The van der Waals surface area contributed by atoms with Gasteiger partial charge in [-0.3, -0.25) is 0 Å². The standard InChI is InChI=1S/C10H9FO2/c1-8(11)10(12)13-7-9-5-3-2-4-6-9/h2-6H,1,7H2. The Labute approximate surface area is 75.6 Å². The molecule has 3 heteroatoms. The maximum atomic E-state index is 12.1. The van der Waals surface area contributed by atoms with Crippen molar-refractivity contribution in [2.75, 3.05) is 0 Å². The lowest BCUT2D eigenvalue weighted by molar-refractivity contribution is -0.141. The van der Waals surface area contributed by atoms with E-state index in [4.69, 9.17) is 0 Å². The van der Waals surface area contributed by atoms with Crippen LogP contribution in [0.5, 0.6) is 0 Å². The molecule has 0 aliphatic heterocycles. The summed E-state index contributed by atoms with van der Waals surface area (Å²) in [6.45, 7) is 2.90. The summed E-state index contributed by atoms with van der Waals surface area (Å²) in [6.07, 6.45) is 0. The van der Waals surface area contributed by atoms with E-state index >= 15 is 0 Å². The van der Waals surface area contributed by atoms with Crippen molar-refractivity contribution in [1.82, 2.24) is 0 Å². The Morgan fingerprint density at radius 1 is 1.38 bits per heavy atom. The number of ether oxygens (including phenoxy) is 1. The van der Waals surface area contributed by atoms with Crippen LogP contribution >= 0.6 is 0 Å². The van der Waals surface area contributed by atoms with Crippen molar-refractivity contribution in [2.24, 2.45) is 0 Å². The van der Waals surface area contributed by atoms with Crippen molar-refractivity contribution in [2.45, 2.75) is 6.61 Å². The number of rotatable bonds is 3. The first-order chi connectivity index (χ1) is 6.20. The van der Waals surface area contributed by atoms with Crippen LogP contribution in [0.4, 0.5) is 4.39 Å². The molecule has 0 fully saturated rings. The van der Waals surface area contributed by atoms with Gasteiger partial charge in [-0.1, -0.05) is 36.9 Å². The third-order valence-electron chi connectivity index (χ3n) is 1.43. The predicted octanol–water partition coefficient (Wildman–Crippen LogP) is 2.21. The molecule has 1 rings (SSSR count). The maximum Gasteiger partial charge on any atom is 0.366 e. The van der Waals surface area contributed by atoms with Gasteiger partial charge in [-0.25, -0.2) is 4.79 Å². The summed E-state index contributed by atoms with van der Waals surface area (Å²) in [5.74, 6) is -2.08. The summed E-state index contributed by atoms with van der Waals surface area (Å²) in [5.41, 5.74) is 0.817. The van der Waals surface area contributed by atoms with Crippen LogP contribution < -0.4 is 0 Å². The highest BCUT2D eigenvalue weighted by Crippen LogP contribution is 2.03. The molecule has 68 valence electrons. The van der Waals surface area contributed by atoms with Gasteiger partial charge in [0.2, 0.25) is 5.83 Å². The average molecular weight is 180 g/mol. The van der Waals surface area contributed by atoms with Crippen LogP contribution in [-0.4, -0.2) is 5.97 Å². The topological polar surface area (TPSA) is 26.3 Å². The van der Waals surface area contributed by atoms with E-state index in [-0.39, 0.29) is 6.61 Å². The molecule has 0 aromatic heterocycles. The molecular weight excluding hydrogens is 171 g/mol. The molecular formula is C10H9FO2. The summed E-state index contributed by atoms with van der Waals surface area (Å²) in [6, 6.07) is 9.04. The highest BCUT2D eigenvalue weighted by Gasteiger charge is 2.06. The lowest BCUT2D eigenvalue weighted by Crippen LogP contribution is -2.03. The van der Waals surface area contributed by atoms with E-state index in [0.717, 1.165) is 5.56 Å². The molecule has 0 saturated carbocycles. The second kappa shape index (κ2) is 4.40. The van der Waals surface area contributed by atoms with Gasteiger partial charge in [0.1, 0.15) is 6.61 Å². The molecule has 0 N–H and O–H groups in total. The Hall–Kier alpha value is -1.64. The minimum absolute atomic E-state index is 0.0720. The summed E-state index contributed by atoms with van der Waals surface area (Å²) >= 11 is 0. The molecule has 13 heavy (non-hydrogen) atoms. The molecule has 0 heterocycles. The van der Waals surface area contributed by atoms with Gasteiger partial charge in [-0.05, 0) is 5.56 Å². The highest BCUT2D eigenvalue weighted by molar-refractivity contribution is 5.85. The summed E-state index contributed by atoms with van der Waals surface area (Å²) in [5, 5.41) is 0. The van der Waals surface area contributed by atoms with E-state index in [2.05, 4.69) is 11.3 Å². The van der Waals surface area contributed by atoms with Crippen molar-refractivity contribution >= 4 is 5.97 Å².